The zero-order valence-corrected chi connectivity index (χ0v) is 23.5. The molecule has 3 aromatic rings. The number of anilines is 1. The molecule has 3 aromatic carbocycles. The van der Waals surface area contributed by atoms with Crippen LogP contribution in [0.3, 0.4) is 0 Å². The van der Waals surface area contributed by atoms with Crippen molar-refractivity contribution in [2.45, 2.75) is 45.3 Å². The van der Waals surface area contributed by atoms with Crippen LogP contribution in [0, 0.1) is 17.2 Å². The molecule has 3 atom stereocenters. The number of nitrogens with zero attached hydrogens (tertiary/aromatic N) is 1. The number of aliphatic hydroxyl groups is 2. The average molecular weight is 574 g/mol. The van der Waals surface area contributed by atoms with Gasteiger partial charge in [0.1, 0.15) is 5.82 Å². The molecule has 220 valence electrons. The van der Waals surface area contributed by atoms with E-state index < -0.39 is 53.6 Å². The maximum Gasteiger partial charge on any atom is 0.247 e. The lowest BCUT2D eigenvalue weighted by atomic mass is 9.68. The summed E-state index contributed by atoms with van der Waals surface area (Å²) >= 11 is 0. The van der Waals surface area contributed by atoms with Crippen LogP contribution in [-0.2, 0) is 14.4 Å². The molecule has 0 saturated heterocycles. The van der Waals surface area contributed by atoms with Gasteiger partial charge in [0, 0.05) is 30.2 Å². The van der Waals surface area contributed by atoms with Gasteiger partial charge in [0.05, 0.1) is 17.9 Å². The SMILES string of the molecule is CC(C)C1(C(=O)Nc2ccccc2)C(=O)N(CCC(O)CC(O)CC(=O)[O-])C(c2ccc(F)cc2)=C1c1ccccc1. The van der Waals surface area contributed by atoms with E-state index in [1.807, 2.05) is 24.3 Å². The van der Waals surface area contributed by atoms with Crippen LogP contribution in [0.5, 0.6) is 0 Å². The first kappa shape index (κ1) is 30.6. The van der Waals surface area contributed by atoms with Gasteiger partial charge >= 0.3 is 0 Å². The summed E-state index contributed by atoms with van der Waals surface area (Å²) in [5.41, 5.74) is 0.821. The molecule has 0 saturated carbocycles. The fourth-order valence-electron chi connectivity index (χ4n) is 5.58. The van der Waals surface area contributed by atoms with Crippen LogP contribution in [0.1, 0.15) is 44.2 Å². The first-order valence-electron chi connectivity index (χ1n) is 13.9. The lowest BCUT2D eigenvalue weighted by Gasteiger charge is -2.34. The Morgan fingerprint density at radius 1 is 0.905 bits per heavy atom. The number of carbonyl (C=O) groups is 3. The molecular weight excluding hydrogens is 539 g/mol. The third-order valence-electron chi connectivity index (χ3n) is 7.55. The summed E-state index contributed by atoms with van der Waals surface area (Å²) in [6, 6.07) is 23.5. The van der Waals surface area contributed by atoms with Gasteiger partial charge in [0.15, 0.2) is 5.41 Å². The summed E-state index contributed by atoms with van der Waals surface area (Å²) in [7, 11) is 0. The number of para-hydroxylation sites is 1. The van der Waals surface area contributed by atoms with Crippen molar-refractivity contribution < 1.29 is 34.1 Å². The molecule has 3 unspecified atom stereocenters. The summed E-state index contributed by atoms with van der Waals surface area (Å²) in [6.07, 6.45) is -3.35. The Morgan fingerprint density at radius 3 is 2.07 bits per heavy atom. The predicted molar refractivity (Wildman–Crippen MR) is 155 cm³/mol. The lowest BCUT2D eigenvalue weighted by Crippen LogP contribution is -2.49. The normalized spacial score (nSPS) is 18.3. The van der Waals surface area contributed by atoms with E-state index in [-0.39, 0.29) is 19.4 Å². The van der Waals surface area contributed by atoms with Crippen molar-refractivity contribution >= 4 is 34.7 Å². The zero-order chi connectivity index (χ0) is 30.4. The van der Waals surface area contributed by atoms with E-state index in [4.69, 9.17) is 0 Å². The Hall–Kier alpha value is -4.34. The number of rotatable bonds is 12. The molecule has 42 heavy (non-hydrogen) atoms. The Bertz CT molecular complexity index is 1440. The first-order valence-corrected chi connectivity index (χ1v) is 13.9. The van der Waals surface area contributed by atoms with Crippen molar-refractivity contribution in [3.8, 4) is 0 Å². The third-order valence-corrected chi connectivity index (χ3v) is 7.55. The number of nitrogens with one attached hydrogen (secondary N) is 1. The van der Waals surface area contributed by atoms with Crippen molar-refractivity contribution in [3.05, 3.63) is 102 Å². The molecular formula is C33H34FN2O6-. The molecule has 0 aromatic heterocycles. The minimum absolute atomic E-state index is 0.0168. The fraction of sp³-hybridized carbons (Fsp3) is 0.303. The molecule has 9 heteroatoms. The van der Waals surface area contributed by atoms with Gasteiger partial charge in [-0.2, -0.15) is 0 Å². The van der Waals surface area contributed by atoms with E-state index in [1.165, 1.54) is 17.0 Å². The molecule has 1 heterocycles. The summed E-state index contributed by atoms with van der Waals surface area (Å²) in [5, 5.41) is 34.4. The van der Waals surface area contributed by atoms with Crippen LogP contribution in [0.25, 0.3) is 11.3 Å². The maximum atomic E-state index is 14.6. The van der Waals surface area contributed by atoms with Crippen molar-refractivity contribution in [3.63, 3.8) is 0 Å². The van der Waals surface area contributed by atoms with Gasteiger partial charge in [-0.25, -0.2) is 4.39 Å². The predicted octanol–water partition coefficient (Wildman–Crippen LogP) is 3.46. The minimum Gasteiger partial charge on any atom is -0.550 e. The molecule has 8 nitrogen and oxygen atoms in total. The second-order valence-electron chi connectivity index (χ2n) is 10.7. The topological polar surface area (TPSA) is 130 Å². The van der Waals surface area contributed by atoms with Crippen molar-refractivity contribution in [2.24, 2.45) is 11.3 Å². The second-order valence-corrected chi connectivity index (χ2v) is 10.7. The molecule has 1 aliphatic rings. The van der Waals surface area contributed by atoms with Gasteiger partial charge in [-0.15, -0.1) is 0 Å². The van der Waals surface area contributed by atoms with Gasteiger partial charge in [-0.05, 0) is 66.3 Å². The van der Waals surface area contributed by atoms with E-state index in [2.05, 4.69) is 5.32 Å². The minimum atomic E-state index is -1.69. The monoisotopic (exact) mass is 573 g/mol. The molecule has 1 aliphatic heterocycles. The smallest absolute Gasteiger partial charge is 0.247 e. The Labute approximate surface area is 244 Å². The number of carboxylic acid groups (broad SMARTS) is 1. The standard InChI is InChI=1S/C33H35FN2O6/c1-21(2)33(31(41)35-25-11-7-4-8-12-25)29(22-9-5-3-6-10-22)30(23-13-15-24(34)16-14-23)36(32(33)42)18-17-26(37)19-27(38)20-28(39)40/h3-16,21,26-27,37-38H,17-20H2,1-2H3,(H,35,41)(H,39,40)/p-1. The van der Waals surface area contributed by atoms with Gasteiger partial charge in [0.25, 0.3) is 0 Å². The maximum absolute atomic E-state index is 14.6. The average Bonchev–Trinajstić information content (AvgIpc) is 3.22. The second kappa shape index (κ2) is 13.1. The Morgan fingerprint density at radius 2 is 1.50 bits per heavy atom. The van der Waals surface area contributed by atoms with Crippen LogP contribution in [0.15, 0.2) is 84.9 Å². The molecule has 0 radical (unpaired) electrons. The molecule has 3 N–H and O–H groups in total. The van der Waals surface area contributed by atoms with Crippen LogP contribution < -0.4 is 10.4 Å². The van der Waals surface area contributed by atoms with Crippen molar-refractivity contribution in [2.75, 3.05) is 11.9 Å². The highest BCUT2D eigenvalue weighted by atomic mass is 19.1. The lowest BCUT2D eigenvalue weighted by molar-refractivity contribution is -0.307. The Balaban J connectivity index is 1.87. The van der Waals surface area contributed by atoms with E-state index >= 15 is 0 Å². The summed E-state index contributed by atoms with van der Waals surface area (Å²) < 4.78 is 14.0. The number of amides is 2. The molecule has 0 fully saturated rings. The quantitative estimate of drug-likeness (QED) is 0.285. The Kier molecular flexibility index (Phi) is 9.55. The number of carbonyl (C=O) groups excluding carboxylic acids is 3. The van der Waals surface area contributed by atoms with Crippen LogP contribution >= 0.6 is 0 Å². The number of hydrogen-bond donors (Lipinski definition) is 3. The fourth-order valence-corrected chi connectivity index (χ4v) is 5.58. The number of halogens is 1. The highest BCUT2D eigenvalue weighted by molar-refractivity contribution is 6.28. The first-order chi connectivity index (χ1) is 20.0. The summed E-state index contributed by atoms with van der Waals surface area (Å²) in [6.45, 7) is 3.54. The van der Waals surface area contributed by atoms with Crippen LogP contribution in [-0.4, -0.2) is 51.6 Å². The molecule has 2 amide bonds. The van der Waals surface area contributed by atoms with Gasteiger partial charge in [-0.3, -0.25) is 9.59 Å². The van der Waals surface area contributed by atoms with Crippen LogP contribution in [0.2, 0.25) is 0 Å². The van der Waals surface area contributed by atoms with E-state index in [0.29, 0.717) is 28.1 Å². The highest BCUT2D eigenvalue weighted by Crippen LogP contribution is 2.54. The number of aliphatic hydroxyl groups excluding tert-OH is 2. The number of aliphatic carboxylic acids is 1. The zero-order valence-electron chi connectivity index (χ0n) is 23.5. The number of hydrogen-bond acceptors (Lipinski definition) is 6. The number of carboxylic acids is 1. The summed E-state index contributed by atoms with van der Waals surface area (Å²) in [5.74, 6) is -3.47. The van der Waals surface area contributed by atoms with Gasteiger partial charge < -0.3 is 30.3 Å². The van der Waals surface area contributed by atoms with E-state index in [9.17, 15) is 34.1 Å². The van der Waals surface area contributed by atoms with Crippen LogP contribution in [0.4, 0.5) is 10.1 Å². The third kappa shape index (κ3) is 6.27. The highest BCUT2D eigenvalue weighted by Gasteiger charge is 2.60. The van der Waals surface area contributed by atoms with Gasteiger partial charge in [-0.1, -0.05) is 62.4 Å². The van der Waals surface area contributed by atoms with E-state index in [0.717, 1.165) is 0 Å². The molecule has 0 aliphatic carbocycles. The van der Waals surface area contributed by atoms with E-state index in [1.54, 1.807) is 62.4 Å². The van der Waals surface area contributed by atoms with Crippen molar-refractivity contribution in [1.82, 2.24) is 4.90 Å². The largest absolute Gasteiger partial charge is 0.550 e. The molecule has 4 rings (SSSR count). The van der Waals surface area contributed by atoms with Crippen molar-refractivity contribution in [1.29, 1.82) is 0 Å². The number of benzene rings is 3. The summed E-state index contributed by atoms with van der Waals surface area (Å²) in [4.78, 5) is 41.3. The molecule has 0 spiro atoms. The molecule has 0 bridgehead atoms. The van der Waals surface area contributed by atoms with Gasteiger partial charge in [0.2, 0.25) is 11.8 Å².